The Morgan fingerprint density at radius 3 is 2.72 bits per heavy atom. The number of amides is 1. The van der Waals surface area contributed by atoms with Gasteiger partial charge in [-0.3, -0.25) is 0 Å². The second-order valence-electron chi connectivity index (χ2n) is 13.7. The molecule has 50 heavy (non-hydrogen) atoms. The van der Waals surface area contributed by atoms with Crippen LogP contribution in [0.3, 0.4) is 0 Å². The van der Waals surface area contributed by atoms with Gasteiger partial charge in [-0.25, -0.2) is 24.4 Å². The molecule has 3 fully saturated rings. The summed E-state index contributed by atoms with van der Waals surface area (Å²) in [5.41, 5.74) is 5.13. The zero-order valence-corrected chi connectivity index (χ0v) is 28.8. The molecule has 0 spiro atoms. The minimum absolute atomic E-state index is 0.179. The third-order valence-electron chi connectivity index (χ3n) is 10.8. The summed E-state index contributed by atoms with van der Waals surface area (Å²) in [6, 6.07) is 24.5. The minimum atomic E-state index is -0.404. The summed E-state index contributed by atoms with van der Waals surface area (Å²) in [5.74, 6) is 1.56. The number of carbonyl (C=O) groups is 1. The number of thiazole rings is 1. The largest absolute Gasteiger partial charge is 0.445 e. The molecule has 3 aromatic carbocycles. The smallest absolute Gasteiger partial charge is 0.407 e. The van der Waals surface area contributed by atoms with Crippen LogP contribution in [-0.2, 0) is 21.5 Å². The number of ether oxygens (including phenoxy) is 2. The zero-order chi connectivity index (χ0) is 33.7. The molecule has 4 atom stereocenters. The predicted molar refractivity (Wildman–Crippen MR) is 194 cm³/mol. The third-order valence-corrected chi connectivity index (χ3v) is 11.9. The Kier molecular flexibility index (Phi) is 7.96. The van der Waals surface area contributed by atoms with Crippen molar-refractivity contribution in [3.8, 4) is 11.3 Å². The monoisotopic (exact) mass is 685 g/mol. The quantitative estimate of drug-likeness (QED) is 0.176. The van der Waals surface area contributed by atoms with Gasteiger partial charge in [-0.15, -0.1) is 11.3 Å². The van der Waals surface area contributed by atoms with Crippen LogP contribution in [0, 0.1) is 18.8 Å². The third kappa shape index (κ3) is 5.49. The van der Waals surface area contributed by atoms with Gasteiger partial charge >= 0.3 is 6.09 Å². The Hall–Kier alpha value is -4.87. The first-order valence-corrected chi connectivity index (χ1v) is 18.4. The predicted octanol–water partition coefficient (Wildman–Crippen LogP) is 7.43. The fourth-order valence-electron chi connectivity index (χ4n) is 8.18. The van der Waals surface area contributed by atoms with Gasteiger partial charge in [-0.05, 0) is 60.8 Å². The Balaban J connectivity index is 1.01. The molecule has 4 unspecified atom stereocenters. The van der Waals surface area contributed by atoms with E-state index in [4.69, 9.17) is 29.5 Å². The maximum absolute atomic E-state index is 12.9. The maximum atomic E-state index is 12.9. The number of nitrogens with zero attached hydrogens (tertiary/aromatic N) is 6. The zero-order valence-electron chi connectivity index (χ0n) is 28.0. The lowest BCUT2D eigenvalue weighted by molar-refractivity contribution is -0.0368. The molecule has 5 heterocycles. The van der Waals surface area contributed by atoms with Crippen molar-refractivity contribution in [2.75, 3.05) is 31.1 Å². The average molecular weight is 686 g/mol. The molecule has 1 amide bonds. The molecule has 6 aromatic rings. The molecule has 0 radical (unpaired) electrons. The lowest BCUT2D eigenvalue weighted by Crippen LogP contribution is -2.35. The van der Waals surface area contributed by atoms with Crippen LogP contribution in [0.4, 0.5) is 10.6 Å². The maximum Gasteiger partial charge on any atom is 0.407 e. The Morgan fingerprint density at radius 2 is 1.88 bits per heavy atom. The number of benzene rings is 3. The van der Waals surface area contributed by atoms with E-state index >= 15 is 0 Å². The first kappa shape index (κ1) is 31.1. The van der Waals surface area contributed by atoms with Crippen molar-refractivity contribution in [1.82, 2.24) is 30.0 Å². The number of fused-ring (bicyclic) bond motifs is 3. The summed E-state index contributed by atoms with van der Waals surface area (Å²) in [7, 11) is 0. The van der Waals surface area contributed by atoms with Crippen molar-refractivity contribution in [3.63, 3.8) is 0 Å². The van der Waals surface area contributed by atoms with Gasteiger partial charge in [0, 0.05) is 48.3 Å². The Morgan fingerprint density at radius 1 is 1.02 bits per heavy atom. The van der Waals surface area contributed by atoms with Gasteiger partial charge in [-0.2, -0.15) is 5.10 Å². The van der Waals surface area contributed by atoms with Crippen LogP contribution >= 0.6 is 11.3 Å². The van der Waals surface area contributed by atoms with E-state index in [0.29, 0.717) is 25.0 Å². The number of alkyl carbamates (subject to hydrolysis) is 1. The van der Waals surface area contributed by atoms with Gasteiger partial charge in [0.15, 0.2) is 11.9 Å². The first-order chi connectivity index (χ1) is 24.6. The highest BCUT2D eigenvalue weighted by Crippen LogP contribution is 2.64. The van der Waals surface area contributed by atoms with Crippen LogP contribution in [0.1, 0.15) is 48.2 Å². The van der Waals surface area contributed by atoms with E-state index in [1.807, 2.05) is 48.1 Å². The SMILES string of the molecule is Cc1csc(C2(CNC(=O)OCc3ccccc3)C3CCN(c4cnc5c(-c6cccc7ccccc67)nn(C6CCCCO6)c5n4)CC32)n1. The summed E-state index contributed by atoms with van der Waals surface area (Å²) in [6.07, 6.45) is 5.32. The van der Waals surface area contributed by atoms with Crippen LogP contribution in [0.5, 0.6) is 0 Å². The van der Waals surface area contributed by atoms with Crippen LogP contribution in [0.15, 0.2) is 84.4 Å². The molecular weight excluding hydrogens is 647 g/mol. The van der Waals surface area contributed by atoms with E-state index in [-0.39, 0.29) is 18.2 Å². The summed E-state index contributed by atoms with van der Waals surface area (Å²) in [5, 5.41) is 13.8. The summed E-state index contributed by atoms with van der Waals surface area (Å²) in [4.78, 5) is 30.5. The fraction of sp³-hybridized carbons (Fsp3) is 0.359. The standard InChI is InChI=1S/C39H39N7O3S/c1-25-23-50-37(42-25)39(24-41-38(47)49-22-26-10-3-2-4-11-26)30-17-18-45(21-31(30)39)32-20-40-35-34(29-15-9-13-27-12-5-6-14-28(27)29)44-46(36(35)43-32)33-16-7-8-19-48-33/h2-6,9-15,20,23,30-31,33H,7-8,16-19,21-22,24H2,1H3,(H,41,47). The molecule has 1 aliphatic carbocycles. The molecule has 3 aliphatic rings. The second-order valence-corrected chi connectivity index (χ2v) is 14.6. The van der Waals surface area contributed by atoms with Crippen molar-refractivity contribution in [1.29, 1.82) is 0 Å². The van der Waals surface area contributed by atoms with Crippen molar-refractivity contribution < 1.29 is 14.3 Å². The molecule has 3 aromatic heterocycles. The number of anilines is 1. The first-order valence-electron chi connectivity index (χ1n) is 17.6. The van der Waals surface area contributed by atoms with Gasteiger partial charge in [0.05, 0.1) is 6.20 Å². The van der Waals surface area contributed by atoms with Crippen LogP contribution < -0.4 is 10.2 Å². The van der Waals surface area contributed by atoms with Crippen molar-refractivity contribution in [2.45, 2.75) is 50.9 Å². The van der Waals surface area contributed by atoms with Gasteiger partial charge in [0.25, 0.3) is 0 Å². The number of piperidine rings is 1. The molecule has 1 saturated carbocycles. The molecule has 2 saturated heterocycles. The molecule has 254 valence electrons. The van der Waals surface area contributed by atoms with Crippen molar-refractivity contribution >= 4 is 45.2 Å². The number of hydrogen-bond donors (Lipinski definition) is 1. The van der Waals surface area contributed by atoms with E-state index in [1.54, 1.807) is 11.3 Å². The molecule has 9 rings (SSSR count). The number of hydrogen-bond acceptors (Lipinski definition) is 9. The normalized spacial score (nSPS) is 23.1. The number of aryl methyl sites for hydroxylation is 1. The van der Waals surface area contributed by atoms with Crippen LogP contribution in [0.25, 0.3) is 33.2 Å². The minimum Gasteiger partial charge on any atom is -0.445 e. The van der Waals surface area contributed by atoms with Gasteiger partial charge in [0.2, 0.25) is 0 Å². The summed E-state index contributed by atoms with van der Waals surface area (Å²) >= 11 is 1.69. The van der Waals surface area contributed by atoms with E-state index in [9.17, 15) is 4.79 Å². The topological polar surface area (TPSA) is 107 Å². The van der Waals surface area contributed by atoms with Crippen molar-refractivity contribution in [2.24, 2.45) is 11.8 Å². The van der Waals surface area contributed by atoms with Gasteiger partial charge in [-0.1, -0.05) is 72.8 Å². The molecular formula is C39H39N7O3S. The lowest BCUT2D eigenvalue weighted by Gasteiger charge is -2.27. The summed E-state index contributed by atoms with van der Waals surface area (Å²) < 4.78 is 13.8. The second kappa shape index (κ2) is 12.8. The van der Waals surface area contributed by atoms with Crippen molar-refractivity contribution in [3.05, 3.63) is 101 Å². The van der Waals surface area contributed by atoms with Gasteiger partial charge in [0.1, 0.15) is 28.6 Å². The molecule has 11 heteroatoms. The highest BCUT2D eigenvalue weighted by atomic mass is 32.1. The number of nitrogens with one attached hydrogen (secondary N) is 1. The number of aromatic nitrogens is 5. The lowest BCUT2D eigenvalue weighted by atomic mass is 10.0. The van der Waals surface area contributed by atoms with E-state index in [1.165, 1.54) is 0 Å². The van der Waals surface area contributed by atoms with Crippen LogP contribution in [-0.4, -0.2) is 57.1 Å². The van der Waals surface area contributed by atoms with Gasteiger partial charge < -0.3 is 19.7 Å². The Labute approximate surface area is 294 Å². The molecule has 10 nitrogen and oxygen atoms in total. The average Bonchev–Trinajstić information content (AvgIpc) is 3.38. The van der Waals surface area contributed by atoms with E-state index in [0.717, 1.165) is 94.0 Å². The highest BCUT2D eigenvalue weighted by Gasteiger charge is 2.68. The number of rotatable bonds is 8. The fourth-order valence-corrected chi connectivity index (χ4v) is 9.31. The van der Waals surface area contributed by atoms with E-state index < -0.39 is 6.09 Å². The highest BCUT2D eigenvalue weighted by molar-refractivity contribution is 7.09. The Bertz CT molecular complexity index is 2170. The van der Waals surface area contributed by atoms with E-state index in [2.05, 4.69) is 58.1 Å². The van der Waals surface area contributed by atoms with Crippen LogP contribution in [0.2, 0.25) is 0 Å². The molecule has 1 N–H and O–H groups in total. The summed E-state index contributed by atoms with van der Waals surface area (Å²) in [6.45, 7) is 5.11. The molecule has 0 bridgehead atoms. The number of carbonyl (C=O) groups excluding carboxylic acids is 1. The molecule has 2 aliphatic heterocycles.